The van der Waals surface area contributed by atoms with Gasteiger partial charge in [-0.1, -0.05) is 154 Å². The lowest BCUT2D eigenvalue weighted by atomic mass is 9.72. The molecule has 8 nitrogen and oxygen atoms in total. The quantitative estimate of drug-likeness (QED) is 0.0787. The highest BCUT2D eigenvalue weighted by atomic mass is 32.2. The maximum atomic E-state index is 16.1. The van der Waals surface area contributed by atoms with Gasteiger partial charge < -0.3 is 27.1 Å². The van der Waals surface area contributed by atoms with E-state index < -0.39 is 37.9 Å². The summed E-state index contributed by atoms with van der Waals surface area (Å²) in [5.41, 5.74) is 4.14. The summed E-state index contributed by atoms with van der Waals surface area (Å²) in [6, 6.07) is 41.2. The second-order valence-corrected chi connectivity index (χ2v) is 25.0. The molecule has 6 rings (SSSR count). The Kier molecular flexibility index (Phi) is 15.8. The van der Waals surface area contributed by atoms with Crippen LogP contribution in [0.2, 0.25) is 0 Å². The minimum atomic E-state index is -4.52. The van der Waals surface area contributed by atoms with Gasteiger partial charge in [0.25, 0.3) is 0 Å². The van der Waals surface area contributed by atoms with E-state index in [0.29, 0.717) is 23.0 Å². The van der Waals surface area contributed by atoms with E-state index in [2.05, 4.69) is 69.2 Å². The molecule has 0 radical (unpaired) electrons. The van der Waals surface area contributed by atoms with Gasteiger partial charge in [-0.3, -0.25) is 0 Å². The van der Waals surface area contributed by atoms with Gasteiger partial charge in [0.2, 0.25) is 9.84 Å². The van der Waals surface area contributed by atoms with Crippen LogP contribution < -0.4 is 27.1 Å². The molecule has 0 saturated heterocycles. The summed E-state index contributed by atoms with van der Waals surface area (Å²) in [6.07, 6.45) is 1.56. The zero-order chi connectivity index (χ0) is 49.0. The highest BCUT2D eigenvalue weighted by Crippen LogP contribution is 2.51. The molecule has 0 atom stereocenters. The second kappa shape index (κ2) is 20.7. The SMILES string of the molecule is Cc1ccccc1OP(Oc1ccccc1C)Oc1ccc(C(C)(C)CC(C)(C)C)cc1S(=O)(=O)c1cc(C(C)(C)CC(C)(C)C)ccc1OP(Oc1ccccc1C)Oc1ccccc1C. The van der Waals surface area contributed by atoms with Gasteiger partial charge in [0.15, 0.2) is 0 Å². The van der Waals surface area contributed by atoms with Crippen LogP contribution in [0.3, 0.4) is 0 Å². The van der Waals surface area contributed by atoms with Crippen LogP contribution in [0, 0.1) is 38.5 Å². The summed E-state index contributed by atoms with van der Waals surface area (Å²) >= 11 is 0. The number of sulfone groups is 1. The molecule has 0 aliphatic heterocycles. The first-order valence-electron chi connectivity index (χ1n) is 22.8. The Bertz CT molecular complexity index is 2490. The van der Waals surface area contributed by atoms with Gasteiger partial charge in [-0.05, 0) is 144 Å². The Hall–Kier alpha value is -5.07. The predicted molar refractivity (Wildman–Crippen MR) is 275 cm³/mol. The fraction of sp³-hybridized carbons (Fsp3) is 0.357. The normalized spacial score (nSPS) is 12.5. The van der Waals surface area contributed by atoms with Gasteiger partial charge >= 0.3 is 17.2 Å². The number of aryl methyl sites for hydroxylation is 4. The van der Waals surface area contributed by atoms with Crippen LogP contribution >= 0.6 is 17.2 Å². The summed E-state index contributed by atoms with van der Waals surface area (Å²) in [4.78, 5) is -0.110. The van der Waals surface area contributed by atoms with E-state index in [1.165, 1.54) is 0 Å². The molecular formula is C56H68O8P2S. The van der Waals surface area contributed by atoms with Crippen LogP contribution in [-0.4, -0.2) is 8.42 Å². The van der Waals surface area contributed by atoms with Crippen molar-refractivity contribution in [1.82, 2.24) is 0 Å². The Morgan fingerprint density at radius 3 is 0.881 bits per heavy atom. The highest BCUT2D eigenvalue weighted by molar-refractivity contribution is 7.91. The lowest BCUT2D eigenvalue weighted by Gasteiger charge is -2.34. The van der Waals surface area contributed by atoms with E-state index >= 15 is 8.42 Å². The third-order valence-corrected chi connectivity index (χ3v) is 15.3. The summed E-state index contributed by atoms with van der Waals surface area (Å²) in [5.74, 6) is 2.35. The molecule has 0 bridgehead atoms. The molecule has 0 aliphatic carbocycles. The average molecular weight is 963 g/mol. The maximum absolute atomic E-state index is 16.1. The summed E-state index contributed by atoms with van der Waals surface area (Å²) in [7, 11) is -9.06. The van der Waals surface area contributed by atoms with Crippen LogP contribution in [0.1, 0.15) is 115 Å². The molecule has 67 heavy (non-hydrogen) atoms. The summed E-state index contributed by atoms with van der Waals surface area (Å²) < 4.78 is 71.9. The third kappa shape index (κ3) is 13.6. The molecular weight excluding hydrogens is 895 g/mol. The fourth-order valence-corrected chi connectivity index (χ4v) is 12.6. The van der Waals surface area contributed by atoms with Crippen molar-refractivity contribution in [2.45, 2.75) is 130 Å². The molecule has 356 valence electrons. The van der Waals surface area contributed by atoms with Crippen molar-refractivity contribution in [3.8, 4) is 34.5 Å². The van der Waals surface area contributed by atoms with Crippen LogP contribution in [0.4, 0.5) is 0 Å². The molecule has 0 spiro atoms. The minimum absolute atomic E-state index is 0.0548. The van der Waals surface area contributed by atoms with Crippen molar-refractivity contribution in [2.75, 3.05) is 0 Å². The molecule has 0 saturated carbocycles. The summed E-state index contributed by atoms with van der Waals surface area (Å²) in [5, 5.41) is 0. The Morgan fingerprint density at radius 2 is 0.627 bits per heavy atom. The third-order valence-electron chi connectivity index (χ3n) is 11.4. The van der Waals surface area contributed by atoms with Gasteiger partial charge in [0, 0.05) is 0 Å². The van der Waals surface area contributed by atoms with Gasteiger partial charge in [-0.25, -0.2) is 8.42 Å². The lowest BCUT2D eigenvalue weighted by molar-refractivity contribution is 0.283. The van der Waals surface area contributed by atoms with Crippen molar-refractivity contribution in [2.24, 2.45) is 10.8 Å². The van der Waals surface area contributed by atoms with E-state index in [9.17, 15) is 0 Å². The van der Waals surface area contributed by atoms with Gasteiger partial charge in [0.05, 0.1) is 0 Å². The molecule has 0 amide bonds. The molecule has 0 unspecified atom stereocenters. The van der Waals surface area contributed by atoms with Crippen molar-refractivity contribution in [1.29, 1.82) is 0 Å². The molecule has 0 N–H and O–H groups in total. The first-order valence-corrected chi connectivity index (χ1v) is 26.4. The molecule has 6 aromatic rings. The predicted octanol–water partition coefficient (Wildman–Crippen LogP) is 16.7. The smallest absolute Gasteiger partial charge is 0.408 e. The van der Waals surface area contributed by atoms with Crippen molar-refractivity contribution >= 4 is 27.0 Å². The van der Waals surface area contributed by atoms with Crippen molar-refractivity contribution in [3.05, 3.63) is 167 Å². The van der Waals surface area contributed by atoms with E-state index in [0.717, 1.165) is 46.2 Å². The molecule has 0 aromatic heterocycles. The standard InChI is InChI=1S/C56H68O8P2S/c1-39-23-15-19-27-45(39)59-65(60-46-28-20-16-24-40(46)2)63-49-33-31-43(55(11,12)37-53(5,6)7)35-51(49)67(57,58)52-36-44(56(13,14)38-54(8,9)10)32-34-50(52)64-66(61-47-29-21-17-25-41(47)3)62-48-30-22-18-26-42(48)4/h15-36H,37-38H2,1-14H3. The van der Waals surface area contributed by atoms with Gasteiger partial charge in [0.1, 0.15) is 44.3 Å². The summed E-state index contributed by atoms with van der Waals surface area (Å²) in [6.45, 7) is 29.5. The monoisotopic (exact) mass is 962 g/mol. The Morgan fingerprint density at radius 1 is 0.373 bits per heavy atom. The number of hydrogen-bond acceptors (Lipinski definition) is 8. The number of rotatable bonds is 18. The zero-order valence-corrected chi connectivity index (χ0v) is 44.3. The first kappa shape index (κ1) is 51.3. The number of hydrogen-bond donors (Lipinski definition) is 0. The molecule has 11 heteroatoms. The average Bonchev–Trinajstić information content (AvgIpc) is 3.22. The van der Waals surface area contributed by atoms with Crippen molar-refractivity contribution < 1.29 is 35.6 Å². The molecule has 0 aliphatic rings. The van der Waals surface area contributed by atoms with Crippen LogP contribution in [0.25, 0.3) is 0 Å². The molecule has 6 aromatic carbocycles. The lowest BCUT2D eigenvalue weighted by Crippen LogP contribution is -2.25. The van der Waals surface area contributed by atoms with E-state index in [1.54, 1.807) is 24.3 Å². The largest absolute Gasteiger partial charge is 0.530 e. The molecule has 0 fully saturated rings. The minimum Gasteiger partial charge on any atom is -0.408 e. The zero-order valence-electron chi connectivity index (χ0n) is 41.7. The van der Waals surface area contributed by atoms with Gasteiger partial charge in [-0.15, -0.1) is 0 Å². The molecule has 0 heterocycles. The van der Waals surface area contributed by atoms with E-state index in [-0.39, 0.29) is 32.1 Å². The highest BCUT2D eigenvalue weighted by Gasteiger charge is 2.37. The van der Waals surface area contributed by atoms with Crippen molar-refractivity contribution in [3.63, 3.8) is 0 Å². The second-order valence-electron chi connectivity index (χ2n) is 21.1. The van der Waals surface area contributed by atoms with Gasteiger partial charge in [-0.2, -0.15) is 0 Å². The first-order chi connectivity index (χ1) is 31.3. The van der Waals surface area contributed by atoms with Crippen LogP contribution in [-0.2, 0) is 20.7 Å². The van der Waals surface area contributed by atoms with E-state index in [1.807, 2.05) is 137 Å². The van der Waals surface area contributed by atoms with Crippen LogP contribution in [0.15, 0.2) is 143 Å². The number of benzene rings is 6. The Balaban J connectivity index is 1.57. The number of para-hydroxylation sites is 4. The van der Waals surface area contributed by atoms with Crippen LogP contribution in [0.5, 0.6) is 34.5 Å². The fourth-order valence-electron chi connectivity index (χ4n) is 8.63. The maximum Gasteiger partial charge on any atom is 0.530 e. The van der Waals surface area contributed by atoms with E-state index in [4.69, 9.17) is 27.1 Å². The topological polar surface area (TPSA) is 89.5 Å². The Labute approximate surface area is 403 Å².